The summed E-state index contributed by atoms with van der Waals surface area (Å²) in [4.78, 5) is 20.8. The first-order chi connectivity index (χ1) is 7.95. The summed E-state index contributed by atoms with van der Waals surface area (Å²) in [6.45, 7) is 1.34. The van der Waals surface area contributed by atoms with Crippen molar-refractivity contribution in [2.45, 2.75) is 6.92 Å². The fourth-order valence-electron chi connectivity index (χ4n) is 1.28. The number of nitrogens with zero attached hydrogens (tertiary/aromatic N) is 1. The molecule has 0 fully saturated rings. The number of carboxylic acids is 1. The van der Waals surface area contributed by atoms with E-state index in [9.17, 15) is 14.9 Å². The minimum absolute atomic E-state index is 0.0302. The Morgan fingerprint density at radius 2 is 2.18 bits per heavy atom. The summed E-state index contributed by atoms with van der Waals surface area (Å²) in [6.07, 6.45) is 1.30. The quantitative estimate of drug-likeness (QED) is 0.639. The van der Waals surface area contributed by atoms with E-state index < -0.39 is 10.9 Å². The van der Waals surface area contributed by atoms with Crippen molar-refractivity contribution in [3.63, 3.8) is 0 Å². The first kappa shape index (κ1) is 12.7. The molecule has 1 aromatic rings. The third-order valence-corrected chi connectivity index (χ3v) is 2.12. The summed E-state index contributed by atoms with van der Waals surface area (Å²) in [5, 5.41) is 19.4. The van der Waals surface area contributed by atoms with Crippen LogP contribution in [0.5, 0.6) is 5.75 Å². The normalized spacial score (nSPS) is 11.1. The van der Waals surface area contributed by atoms with Crippen LogP contribution in [-0.2, 0) is 0 Å². The van der Waals surface area contributed by atoms with Crippen molar-refractivity contribution >= 4 is 12.0 Å². The van der Waals surface area contributed by atoms with Crippen molar-refractivity contribution in [1.29, 1.82) is 0 Å². The number of ether oxygens (including phenoxy) is 1. The van der Waals surface area contributed by atoms with Gasteiger partial charge in [0.25, 0.3) is 0 Å². The summed E-state index contributed by atoms with van der Waals surface area (Å²) < 4.78 is 4.88. The summed E-state index contributed by atoms with van der Waals surface area (Å²) in [6, 6.07) is 4.34. The molecule has 6 nitrogen and oxygen atoms in total. The van der Waals surface area contributed by atoms with Gasteiger partial charge < -0.3 is 9.84 Å². The molecule has 0 amide bonds. The largest absolute Gasteiger partial charge is 0.496 e. The first-order valence-corrected chi connectivity index (χ1v) is 4.69. The summed E-state index contributed by atoms with van der Waals surface area (Å²) >= 11 is 0. The number of allylic oxidation sites excluding steroid dienone is 1. The second kappa shape index (κ2) is 5.11. The average Bonchev–Trinajstić information content (AvgIpc) is 2.28. The minimum Gasteiger partial charge on any atom is -0.496 e. The van der Waals surface area contributed by atoms with Gasteiger partial charge in [0.2, 0.25) is 5.70 Å². The molecule has 1 aromatic carbocycles. The van der Waals surface area contributed by atoms with Crippen molar-refractivity contribution in [2.75, 3.05) is 7.11 Å². The van der Waals surface area contributed by atoms with E-state index in [1.165, 1.54) is 32.2 Å². The maximum Gasteiger partial charge on any atom is 0.339 e. The van der Waals surface area contributed by atoms with Gasteiger partial charge in [0, 0.05) is 13.0 Å². The van der Waals surface area contributed by atoms with E-state index in [1.807, 2.05) is 0 Å². The van der Waals surface area contributed by atoms with Crippen molar-refractivity contribution < 1.29 is 19.6 Å². The van der Waals surface area contributed by atoms with Crippen molar-refractivity contribution in [1.82, 2.24) is 0 Å². The molecule has 0 heterocycles. The van der Waals surface area contributed by atoms with Gasteiger partial charge in [-0.25, -0.2) is 4.79 Å². The van der Waals surface area contributed by atoms with Crippen LogP contribution in [0.2, 0.25) is 0 Å². The van der Waals surface area contributed by atoms with Crippen LogP contribution in [0.1, 0.15) is 22.8 Å². The van der Waals surface area contributed by atoms with E-state index in [0.717, 1.165) is 0 Å². The Balaban J connectivity index is 3.22. The standard InChI is InChI=1S/C11H11NO5/c1-7(12(15)16)5-8-3-4-10(17-2)9(6-8)11(13)14/h3-6H,1-2H3,(H,13,14)/b7-5-. The molecule has 0 atom stereocenters. The lowest BCUT2D eigenvalue weighted by Crippen LogP contribution is -2.01. The second-order valence-corrected chi connectivity index (χ2v) is 3.31. The minimum atomic E-state index is -1.14. The fourth-order valence-corrected chi connectivity index (χ4v) is 1.28. The van der Waals surface area contributed by atoms with Crippen LogP contribution in [0.4, 0.5) is 0 Å². The van der Waals surface area contributed by atoms with Crippen LogP contribution < -0.4 is 4.74 Å². The topological polar surface area (TPSA) is 89.7 Å². The Morgan fingerprint density at radius 3 is 2.65 bits per heavy atom. The molecule has 90 valence electrons. The summed E-state index contributed by atoms with van der Waals surface area (Å²) in [5.74, 6) is -0.927. The van der Waals surface area contributed by atoms with Gasteiger partial charge in [-0.2, -0.15) is 0 Å². The highest BCUT2D eigenvalue weighted by Gasteiger charge is 2.12. The second-order valence-electron chi connectivity index (χ2n) is 3.31. The molecular weight excluding hydrogens is 226 g/mol. The van der Waals surface area contributed by atoms with Crippen LogP contribution in [0.15, 0.2) is 23.9 Å². The Bertz CT molecular complexity index is 493. The zero-order valence-electron chi connectivity index (χ0n) is 9.34. The zero-order chi connectivity index (χ0) is 13.0. The highest BCUT2D eigenvalue weighted by molar-refractivity contribution is 5.91. The molecule has 0 aromatic heterocycles. The molecule has 17 heavy (non-hydrogen) atoms. The van der Waals surface area contributed by atoms with Crippen molar-refractivity contribution in [2.24, 2.45) is 0 Å². The first-order valence-electron chi connectivity index (χ1n) is 4.69. The van der Waals surface area contributed by atoms with E-state index in [0.29, 0.717) is 5.56 Å². The lowest BCUT2D eigenvalue weighted by molar-refractivity contribution is -0.422. The number of benzene rings is 1. The van der Waals surface area contributed by atoms with E-state index in [2.05, 4.69) is 0 Å². The van der Waals surface area contributed by atoms with Crippen LogP contribution in [0.25, 0.3) is 6.08 Å². The smallest absolute Gasteiger partial charge is 0.339 e. The maximum atomic E-state index is 10.9. The Kier molecular flexibility index (Phi) is 3.82. The molecule has 0 bridgehead atoms. The van der Waals surface area contributed by atoms with Crippen LogP contribution >= 0.6 is 0 Å². The van der Waals surface area contributed by atoms with Gasteiger partial charge in [0.1, 0.15) is 11.3 Å². The number of methoxy groups -OCH3 is 1. The predicted octanol–water partition coefficient (Wildman–Crippen LogP) is 2.03. The average molecular weight is 237 g/mol. The van der Waals surface area contributed by atoms with E-state index in [1.54, 1.807) is 6.07 Å². The maximum absolute atomic E-state index is 10.9. The third-order valence-electron chi connectivity index (χ3n) is 2.12. The van der Waals surface area contributed by atoms with Gasteiger partial charge in [-0.15, -0.1) is 0 Å². The molecule has 0 aliphatic carbocycles. The number of hydrogen-bond acceptors (Lipinski definition) is 4. The molecule has 1 rings (SSSR count). The molecule has 6 heteroatoms. The van der Waals surface area contributed by atoms with Gasteiger partial charge in [-0.1, -0.05) is 6.07 Å². The lowest BCUT2D eigenvalue weighted by atomic mass is 10.1. The van der Waals surface area contributed by atoms with Gasteiger partial charge >= 0.3 is 5.97 Å². The molecule has 0 spiro atoms. The number of nitro groups is 1. The number of aromatic carboxylic acids is 1. The Labute approximate surface area is 97.3 Å². The van der Waals surface area contributed by atoms with E-state index >= 15 is 0 Å². The molecule has 0 aliphatic heterocycles. The zero-order valence-corrected chi connectivity index (χ0v) is 9.34. The molecule has 0 aliphatic rings. The van der Waals surface area contributed by atoms with Crippen LogP contribution in [-0.4, -0.2) is 23.1 Å². The lowest BCUT2D eigenvalue weighted by Gasteiger charge is -2.05. The number of carboxylic acid groups (broad SMARTS) is 1. The van der Waals surface area contributed by atoms with E-state index in [4.69, 9.17) is 9.84 Å². The van der Waals surface area contributed by atoms with Gasteiger partial charge in [-0.3, -0.25) is 10.1 Å². The number of rotatable bonds is 4. The number of hydrogen-bond donors (Lipinski definition) is 1. The fraction of sp³-hybridized carbons (Fsp3) is 0.182. The molecule has 0 unspecified atom stereocenters. The third kappa shape index (κ3) is 3.04. The molecule has 0 radical (unpaired) electrons. The highest BCUT2D eigenvalue weighted by Crippen LogP contribution is 2.21. The van der Waals surface area contributed by atoms with Crippen molar-refractivity contribution in [3.05, 3.63) is 45.1 Å². The molecule has 1 N–H and O–H groups in total. The Morgan fingerprint density at radius 1 is 1.53 bits per heavy atom. The van der Waals surface area contributed by atoms with Crippen molar-refractivity contribution in [3.8, 4) is 5.75 Å². The number of carbonyl (C=O) groups is 1. The van der Waals surface area contributed by atoms with E-state index in [-0.39, 0.29) is 17.0 Å². The molecule has 0 saturated heterocycles. The van der Waals surface area contributed by atoms with Gasteiger partial charge in [-0.05, 0) is 17.7 Å². The van der Waals surface area contributed by atoms with Crippen LogP contribution in [0, 0.1) is 10.1 Å². The van der Waals surface area contributed by atoms with Gasteiger partial charge in [0.05, 0.1) is 12.0 Å². The van der Waals surface area contributed by atoms with Crippen LogP contribution in [0.3, 0.4) is 0 Å². The van der Waals surface area contributed by atoms with Gasteiger partial charge in [0.15, 0.2) is 0 Å². The summed E-state index contributed by atoms with van der Waals surface area (Å²) in [7, 11) is 1.36. The Hall–Kier alpha value is -2.37. The summed E-state index contributed by atoms with van der Waals surface area (Å²) in [5.41, 5.74) is 0.348. The SMILES string of the molecule is COc1ccc(/C=C(/C)[N+](=O)[O-])cc1C(=O)O. The molecule has 0 saturated carbocycles. The monoisotopic (exact) mass is 237 g/mol. The predicted molar refractivity (Wildman–Crippen MR) is 60.6 cm³/mol. The highest BCUT2D eigenvalue weighted by atomic mass is 16.6. The molecular formula is C11H11NO5.